The molecule has 0 unspecified atom stereocenters. The lowest BCUT2D eigenvalue weighted by molar-refractivity contribution is -0.127. The van der Waals surface area contributed by atoms with Gasteiger partial charge in [0.15, 0.2) is 5.78 Å². The minimum Gasteiger partial charge on any atom is -0.392 e. The third-order valence-electron chi connectivity index (χ3n) is 2.58. The largest absolute Gasteiger partial charge is 0.392 e. The van der Waals surface area contributed by atoms with E-state index < -0.39 is 5.41 Å². The monoisotopic (exact) mass is 208 g/mol. The number of allylic oxidation sites excluding steroid dienone is 2. The van der Waals surface area contributed by atoms with Crippen LogP contribution in [0.15, 0.2) is 23.3 Å². The summed E-state index contributed by atoms with van der Waals surface area (Å²) in [4.78, 5) is 23.0. The van der Waals surface area contributed by atoms with Crippen LogP contribution in [-0.4, -0.2) is 23.3 Å². The highest BCUT2D eigenvalue weighted by atomic mass is 16.3. The summed E-state index contributed by atoms with van der Waals surface area (Å²) in [5.41, 5.74) is 0.532. The van der Waals surface area contributed by atoms with Gasteiger partial charge in [-0.15, -0.1) is 0 Å². The van der Waals surface area contributed by atoms with Crippen LogP contribution in [0.5, 0.6) is 0 Å². The summed E-state index contributed by atoms with van der Waals surface area (Å²) in [5.74, 6) is -0.0519. The molecule has 1 atom stereocenters. The summed E-state index contributed by atoms with van der Waals surface area (Å²) in [5, 5.41) is 9.05. The van der Waals surface area contributed by atoms with Gasteiger partial charge in [0.25, 0.3) is 0 Å². The maximum Gasteiger partial charge on any atom is 0.168 e. The lowest BCUT2D eigenvalue weighted by Crippen LogP contribution is -2.31. The second kappa shape index (κ2) is 4.11. The van der Waals surface area contributed by atoms with Gasteiger partial charge in [0.05, 0.1) is 12.0 Å². The van der Waals surface area contributed by atoms with Crippen LogP contribution in [0.2, 0.25) is 0 Å². The molecule has 3 heteroatoms. The molecule has 1 aliphatic rings. The fourth-order valence-electron chi connectivity index (χ4n) is 2.05. The Bertz CT molecular complexity index is 363. The fraction of sp³-hybridized carbons (Fsp3) is 0.500. The van der Waals surface area contributed by atoms with Gasteiger partial charge >= 0.3 is 0 Å². The standard InChI is InChI=1S/C12H16O3/c1-8-4-10(7-13)6-12(3,11(8)15)5-9(2)14/h4,6,13H,5,7H2,1-3H3/t12-/m0/s1. The van der Waals surface area contributed by atoms with Crippen molar-refractivity contribution in [3.05, 3.63) is 23.3 Å². The van der Waals surface area contributed by atoms with Crippen molar-refractivity contribution in [3.8, 4) is 0 Å². The van der Waals surface area contributed by atoms with Gasteiger partial charge in [-0.3, -0.25) is 9.59 Å². The van der Waals surface area contributed by atoms with Crippen LogP contribution in [-0.2, 0) is 9.59 Å². The van der Waals surface area contributed by atoms with E-state index in [4.69, 9.17) is 5.11 Å². The molecule has 0 aromatic heterocycles. The Morgan fingerprint density at radius 2 is 2.13 bits per heavy atom. The van der Waals surface area contributed by atoms with Crippen molar-refractivity contribution in [1.82, 2.24) is 0 Å². The molecule has 0 fully saturated rings. The number of rotatable bonds is 3. The van der Waals surface area contributed by atoms with Crippen LogP contribution < -0.4 is 0 Å². The van der Waals surface area contributed by atoms with Crippen molar-refractivity contribution in [3.63, 3.8) is 0 Å². The molecular formula is C12H16O3. The van der Waals surface area contributed by atoms with E-state index in [9.17, 15) is 9.59 Å². The van der Waals surface area contributed by atoms with Crippen molar-refractivity contribution in [2.45, 2.75) is 27.2 Å². The second-order valence-electron chi connectivity index (χ2n) is 4.33. The van der Waals surface area contributed by atoms with Gasteiger partial charge in [0.1, 0.15) is 5.78 Å². The second-order valence-corrected chi connectivity index (χ2v) is 4.33. The minimum absolute atomic E-state index is 0.0194. The fourth-order valence-corrected chi connectivity index (χ4v) is 2.05. The zero-order valence-electron chi connectivity index (χ0n) is 9.33. The summed E-state index contributed by atoms with van der Waals surface area (Å²) < 4.78 is 0. The summed E-state index contributed by atoms with van der Waals surface area (Å²) in [7, 11) is 0. The molecule has 0 aromatic rings. The van der Waals surface area contributed by atoms with E-state index in [1.807, 2.05) is 0 Å². The number of ketones is 2. The molecular weight excluding hydrogens is 192 g/mol. The Hall–Kier alpha value is -1.22. The molecule has 0 aromatic carbocycles. The number of Topliss-reactive ketones (excluding diaryl/α,β-unsaturated/α-hetero) is 2. The van der Waals surface area contributed by atoms with E-state index in [0.717, 1.165) is 0 Å². The van der Waals surface area contributed by atoms with Crippen LogP contribution in [0.3, 0.4) is 0 Å². The highest BCUT2D eigenvalue weighted by Gasteiger charge is 2.35. The first-order valence-electron chi connectivity index (χ1n) is 4.94. The Morgan fingerprint density at radius 1 is 1.53 bits per heavy atom. The summed E-state index contributed by atoms with van der Waals surface area (Å²) in [6.07, 6.45) is 3.56. The SMILES string of the molecule is CC(=O)C[C@@]1(C)C=C(CO)C=C(C)C1=O. The predicted molar refractivity (Wildman–Crippen MR) is 57.3 cm³/mol. The van der Waals surface area contributed by atoms with E-state index in [-0.39, 0.29) is 24.6 Å². The predicted octanol–water partition coefficient (Wildman–Crippen LogP) is 1.42. The van der Waals surface area contributed by atoms with Crippen molar-refractivity contribution in [2.24, 2.45) is 5.41 Å². The normalized spacial score (nSPS) is 26.0. The Labute approximate surface area is 89.5 Å². The number of carbonyl (C=O) groups excluding carboxylic acids is 2. The number of carbonyl (C=O) groups is 2. The molecule has 0 bridgehead atoms. The molecule has 0 radical (unpaired) electrons. The molecule has 0 aliphatic heterocycles. The van der Waals surface area contributed by atoms with E-state index in [2.05, 4.69) is 0 Å². The minimum atomic E-state index is -0.775. The lowest BCUT2D eigenvalue weighted by Gasteiger charge is -2.28. The Kier molecular flexibility index (Phi) is 3.25. The van der Waals surface area contributed by atoms with Gasteiger partial charge in [-0.1, -0.05) is 12.2 Å². The van der Waals surface area contributed by atoms with Gasteiger partial charge in [-0.2, -0.15) is 0 Å². The van der Waals surface area contributed by atoms with Gasteiger partial charge < -0.3 is 5.11 Å². The van der Waals surface area contributed by atoms with E-state index >= 15 is 0 Å². The first kappa shape index (κ1) is 11.9. The molecule has 1 aliphatic carbocycles. The van der Waals surface area contributed by atoms with E-state index in [1.165, 1.54) is 6.92 Å². The van der Waals surface area contributed by atoms with Crippen LogP contribution in [0.1, 0.15) is 27.2 Å². The molecule has 3 nitrogen and oxygen atoms in total. The molecule has 0 amide bonds. The quantitative estimate of drug-likeness (QED) is 0.763. The maximum absolute atomic E-state index is 11.9. The molecule has 82 valence electrons. The molecule has 0 saturated heterocycles. The first-order chi connectivity index (χ1) is 6.89. The number of hydrogen-bond donors (Lipinski definition) is 1. The van der Waals surface area contributed by atoms with Crippen LogP contribution >= 0.6 is 0 Å². The number of hydrogen-bond acceptors (Lipinski definition) is 3. The smallest absolute Gasteiger partial charge is 0.168 e. The van der Waals surface area contributed by atoms with Crippen LogP contribution in [0.4, 0.5) is 0 Å². The summed E-state index contributed by atoms with van der Waals surface area (Å²) in [6, 6.07) is 0. The van der Waals surface area contributed by atoms with Crippen molar-refractivity contribution in [1.29, 1.82) is 0 Å². The number of aliphatic hydroxyl groups is 1. The van der Waals surface area contributed by atoms with Gasteiger partial charge in [-0.05, 0) is 31.9 Å². The van der Waals surface area contributed by atoms with Gasteiger partial charge in [0, 0.05) is 6.42 Å². The molecule has 1 N–H and O–H groups in total. The zero-order valence-corrected chi connectivity index (χ0v) is 9.33. The summed E-state index contributed by atoms with van der Waals surface area (Å²) in [6.45, 7) is 4.82. The Balaban J connectivity index is 3.08. The molecule has 0 saturated carbocycles. The highest BCUT2D eigenvalue weighted by molar-refractivity contribution is 6.04. The molecule has 1 rings (SSSR count). The summed E-state index contributed by atoms with van der Waals surface area (Å²) >= 11 is 0. The maximum atomic E-state index is 11.9. The van der Waals surface area contributed by atoms with Crippen LogP contribution in [0, 0.1) is 5.41 Å². The van der Waals surface area contributed by atoms with Gasteiger partial charge in [-0.25, -0.2) is 0 Å². The lowest BCUT2D eigenvalue weighted by atomic mass is 9.74. The van der Waals surface area contributed by atoms with Crippen molar-refractivity contribution < 1.29 is 14.7 Å². The van der Waals surface area contributed by atoms with Crippen molar-refractivity contribution >= 4 is 11.6 Å². The third kappa shape index (κ3) is 2.42. The molecule has 15 heavy (non-hydrogen) atoms. The highest BCUT2D eigenvalue weighted by Crippen LogP contribution is 2.33. The van der Waals surface area contributed by atoms with Crippen LogP contribution in [0.25, 0.3) is 0 Å². The topological polar surface area (TPSA) is 54.4 Å². The first-order valence-corrected chi connectivity index (χ1v) is 4.94. The third-order valence-corrected chi connectivity index (χ3v) is 2.58. The Morgan fingerprint density at radius 3 is 2.60 bits per heavy atom. The van der Waals surface area contributed by atoms with E-state index in [1.54, 1.807) is 26.0 Å². The van der Waals surface area contributed by atoms with Gasteiger partial charge in [0.2, 0.25) is 0 Å². The van der Waals surface area contributed by atoms with Crippen molar-refractivity contribution in [2.75, 3.05) is 6.61 Å². The molecule has 0 spiro atoms. The zero-order chi connectivity index (χ0) is 11.6. The average Bonchev–Trinajstić information content (AvgIpc) is 2.12. The number of aliphatic hydroxyl groups excluding tert-OH is 1. The molecule has 0 heterocycles. The average molecular weight is 208 g/mol. The van der Waals surface area contributed by atoms with E-state index in [0.29, 0.717) is 11.1 Å².